The average molecular weight is 427 g/mol. The molecule has 0 aliphatic carbocycles. The molecular weight excluding hydrogens is 404 g/mol. The van der Waals surface area contributed by atoms with Gasteiger partial charge in [-0.2, -0.15) is 4.31 Å². The molecule has 2 aromatic carbocycles. The lowest BCUT2D eigenvalue weighted by atomic mass is 10.1. The van der Waals surface area contributed by atoms with Gasteiger partial charge in [-0.15, -0.1) is 11.8 Å². The van der Waals surface area contributed by atoms with E-state index in [0.717, 1.165) is 26.6 Å². The molecule has 0 radical (unpaired) electrons. The van der Waals surface area contributed by atoms with Crippen LogP contribution in [0.5, 0.6) is 0 Å². The first-order valence-corrected chi connectivity index (χ1v) is 11.8. The SMILES string of the molecule is CSc1ccc([C@@H](C)NC(=O)CN(Cc2ccc(Cl)cc2)S(C)(=O)=O)cc1. The van der Waals surface area contributed by atoms with Crippen LogP contribution >= 0.6 is 23.4 Å². The van der Waals surface area contributed by atoms with Crippen LogP contribution in [0.15, 0.2) is 53.4 Å². The van der Waals surface area contributed by atoms with Crippen molar-refractivity contribution in [3.05, 3.63) is 64.7 Å². The number of benzene rings is 2. The lowest BCUT2D eigenvalue weighted by molar-refractivity contribution is -0.122. The van der Waals surface area contributed by atoms with Crippen molar-refractivity contribution in [1.29, 1.82) is 0 Å². The summed E-state index contributed by atoms with van der Waals surface area (Å²) in [6, 6.07) is 14.6. The van der Waals surface area contributed by atoms with E-state index in [0.29, 0.717) is 5.02 Å². The Bertz CT molecular complexity index is 869. The maximum Gasteiger partial charge on any atom is 0.235 e. The predicted octanol–water partition coefficient (Wildman–Crippen LogP) is 3.70. The zero-order valence-electron chi connectivity index (χ0n) is 15.5. The fourth-order valence-electron chi connectivity index (χ4n) is 2.51. The number of carbonyl (C=O) groups is 1. The number of hydrogen-bond donors (Lipinski definition) is 1. The second kappa shape index (κ2) is 9.59. The molecule has 0 heterocycles. The van der Waals surface area contributed by atoms with E-state index < -0.39 is 10.0 Å². The van der Waals surface area contributed by atoms with Gasteiger partial charge in [0.1, 0.15) is 0 Å². The fraction of sp³-hybridized carbons (Fsp3) is 0.316. The molecular formula is C19H23ClN2O3S2. The van der Waals surface area contributed by atoms with E-state index in [1.165, 1.54) is 0 Å². The minimum atomic E-state index is -3.54. The predicted molar refractivity (Wildman–Crippen MR) is 111 cm³/mol. The topological polar surface area (TPSA) is 66.5 Å². The first-order valence-electron chi connectivity index (χ1n) is 8.32. The van der Waals surface area contributed by atoms with Gasteiger partial charge < -0.3 is 5.32 Å². The standard InChI is InChI=1S/C19H23ClN2O3S2/c1-14(16-6-10-18(26-2)11-7-16)21-19(23)13-22(27(3,24)25)12-15-4-8-17(20)9-5-15/h4-11,14H,12-13H2,1-3H3,(H,21,23)/t14-/m1/s1. The highest BCUT2D eigenvalue weighted by atomic mass is 35.5. The van der Waals surface area contributed by atoms with Crippen LogP contribution < -0.4 is 5.32 Å². The van der Waals surface area contributed by atoms with Gasteiger partial charge in [-0.3, -0.25) is 4.79 Å². The monoisotopic (exact) mass is 426 g/mol. The van der Waals surface area contributed by atoms with Crippen molar-refractivity contribution in [3.8, 4) is 0 Å². The summed E-state index contributed by atoms with van der Waals surface area (Å²) in [7, 11) is -3.54. The molecule has 146 valence electrons. The number of nitrogens with one attached hydrogen (secondary N) is 1. The fourth-order valence-corrected chi connectivity index (χ4v) is 3.78. The molecule has 1 amide bonds. The maximum atomic E-state index is 12.4. The van der Waals surface area contributed by atoms with Gasteiger partial charge in [0.2, 0.25) is 15.9 Å². The molecule has 2 rings (SSSR count). The van der Waals surface area contributed by atoms with Gasteiger partial charge in [0, 0.05) is 16.5 Å². The van der Waals surface area contributed by atoms with Crippen molar-refractivity contribution in [2.45, 2.75) is 24.4 Å². The summed E-state index contributed by atoms with van der Waals surface area (Å²) in [5.74, 6) is -0.351. The lowest BCUT2D eigenvalue weighted by Crippen LogP contribution is -2.40. The summed E-state index contributed by atoms with van der Waals surface area (Å²) in [5.41, 5.74) is 1.73. The molecule has 1 N–H and O–H groups in total. The Balaban J connectivity index is 2.03. The van der Waals surface area contributed by atoms with E-state index >= 15 is 0 Å². The molecule has 0 saturated carbocycles. The van der Waals surface area contributed by atoms with Crippen LogP contribution in [0.25, 0.3) is 0 Å². The Morgan fingerprint density at radius 3 is 2.26 bits per heavy atom. The molecule has 8 heteroatoms. The summed E-state index contributed by atoms with van der Waals surface area (Å²) < 4.78 is 25.3. The zero-order valence-corrected chi connectivity index (χ0v) is 17.9. The Labute approximate surface area is 170 Å². The van der Waals surface area contributed by atoms with Crippen LogP contribution in [0.2, 0.25) is 5.02 Å². The second-order valence-corrected chi connectivity index (χ2v) is 9.52. The third-order valence-corrected chi connectivity index (χ3v) is 6.25. The Morgan fingerprint density at radius 1 is 1.15 bits per heavy atom. The summed E-state index contributed by atoms with van der Waals surface area (Å²) in [6.45, 7) is 1.74. The van der Waals surface area contributed by atoms with Crippen LogP contribution in [-0.2, 0) is 21.4 Å². The number of rotatable bonds is 8. The highest BCUT2D eigenvalue weighted by Gasteiger charge is 2.21. The highest BCUT2D eigenvalue weighted by molar-refractivity contribution is 7.98. The van der Waals surface area contributed by atoms with Crippen molar-refractivity contribution >= 4 is 39.3 Å². The van der Waals surface area contributed by atoms with Gasteiger partial charge >= 0.3 is 0 Å². The molecule has 27 heavy (non-hydrogen) atoms. The van der Waals surface area contributed by atoms with E-state index in [4.69, 9.17) is 11.6 Å². The van der Waals surface area contributed by atoms with E-state index in [2.05, 4.69) is 5.32 Å². The molecule has 1 atom stereocenters. The van der Waals surface area contributed by atoms with Crippen molar-refractivity contribution in [3.63, 3.8) is 0 Å². The minimum absolute atomic E-state index is 0.111. The maximum absolute atomic E-state index is 12.4. The number of sulfonamides is 1. The third kappa shape index (κ3) is 6.84. The first kappa shape index (κ1) is 21.8. The van der Waals surface area contributed by atoms with Gasteiger partial charge in [-0.1, -0.05) is 35.9 Å². The molecule has 0 aromatic heterocycles. The van der Waals surface area contributed by atoms with E-state index in [1.54, 1.807) is 36.0 Å². The normalized spacial score (nSPS) is 12.8. The van der Waals surface area contributed by atoms with Crippen LogP contribution in [0.4, 0.5) is 0 Å². The molecule has 5 nitrogen and oxygen atoms in total. The summed E-state index contributed by atoms with van der Waals surface area (Å²) in [5, 5.41) is 3.43. The number of carbonyl (C=O) groups excluding carboxylic acids is 1. The molecule has 0 fully saturated rings. The van der Waals surface area contributed by atoms with Gasteiger partial charge in [0.05, 0.1) is 18.8 Å². The molecule has 0 unspecified atom stereocenters. The number of nitrogens with zero attached hydrogens (tertiary/aromatic N) is 1. The average Bonchev–Trinajstić information content (AvgIpc) is 2.62. The number of thioether (sulfide) groups is 1. The van der Waals surface area contributed by atoms with Crippen LogP contribution in [0.1, 0.15) is 24.1 Å². The smallest absolute Gasteiger partial charge is 0.235 e. The van der Waals surface area contributed by atoms with Gasteiger partial charge in [0.25, 0.3) is 0 Å². The van der Waals surface area contributed by atoms with Crippen molar-refractivity contribution < 1.29 is 13.2 Å². The molecule has 0 saturated heterocycles. The van der Waals surface area contributed by atoms with Gasteiger partial charge in [0.15, 0.2) is 0 Å². The Morgan fingerprint density at radius 2 is 1.74 bits per heavy atom. The summed E-state index contributed by atoms with van der Waals surface area (Å²) >= 11 is 7.51. The van der Waals surface area contributed by atoms with Crippen molar-refractivity contribution in [2.75, 3.05) is 19.1 Å². The second-order valence-electron chi connectivity index (χ2n) is 6.22. The Kier molecular flexibility index (Phi) is 7.73. The van der Waals surface area contributed by atoms with Crippen LogP contribution in [-0.4, -0.2) is 37.7 Å². The summed E-state index contributed by atoms with van der Waals surface area (Å²) in [6.07, 6.45) is 3.10. The molecule has 0 aliphatic heterocycles. The first-order chi connectivity index (χ1) is 12.7. The quantitative estimate of drug-likeness (QED) is 0.653. The van der Waals surface area contributed by atoms with Crippen LogP contribution in [0, 0.1) is 0 Å². The van der Waals surface area contributed by atoms with E-state index in [-0.39, 0.29) is 25.0 Å². The lowest BCUT2D eigenvalue weighted by Gasteiger charge is -2.21. The Hall–Kier alpha value is -1.54. The van der Waals surface area contributed by atoms with Gasteiger partial charge in [-0.25, -0.2) is 8.42 Å². The number of halogens is 1. The zero-order chi connectivity index (χ0) is 20.0. The number of hydrogen-bond acceptors (Lipinski definition) is 4. The minimum Gasteiger partial charge on any atom is -0.348 e. The van der Waals surface area contributed by atoms with Gasteiger partial charge in [-0.05, 0) is 48.6 Å². The van der Waals surface area contributed by atoms with Crippen LogP contribution in [0.3, 0.4) is 0 Å². The highest BCUT2D eigenvalue weighted by Crippen LogP contribution is 2.19. The molecule has 2 aromatic rings. The van der Waals surface area contributed by atoms with E-state index in [1.807, 2.05) is 37.4 Å². The van der Waals surface area contributed by atoms with E-state index in [9.17, 15) is 13.2 Å². The van der Waals surface area contributed by atoms with Crippen molar-refractivity contribution in [1.82, 2.24) is 9.62 Å². The summed E-state index contributed by atoms with van der Waals surface area (Å²) in [4.78, 5) is 13.6. The third-order valence-electron chi connectivity index (χ3n) is 4.05. The molecule has 0 spiro atoms. The molecule has 0 bridgehead atoms. The largest absolute Gasteiger partial charge is 0.348 e. The molecule has 0 aliphatic rings. The van der Waals surface area contributed by atoms with Crippen molar-refractivity contribution in [2.24, 2.45) is 0 Å². The number of amides is 1.